The zero-order chi connectivity index (χ0) is 30.6. The molecule has 0 heterocycles. The Balaban J connectivity index is 1.57. The molecule has 0 saturated carbocycles. The van der Waals surface area contributed by atoms with E-state index in [1.165, 1.54) is 79.6 Å². The van der Waals surface area contributed by atoms with Crippen LogP contribution in [0.4, 0.5) is 0 Å². The maximum atomic E-state index is 5.88. The average molecular weight is 584 g/mol. The van der Waals surface area contributed by atoms with Crippen molar-refractivity contribution in [2.24, 2.45) is 5.73 Å². The van der Waals surface area contributed by atoms with Crippen LogP contribution in [0, 0.1) is 0 Å². The quantitative estimate of drug-likeness (QED) is 0.170. The van der Waals surface area contributed by atoms with Crippen LogP contribution in [0.3, 0.4) is 0 Å². The van der Waals surface area contributed by atoms with Crippen LogP contribution in [0.1, 0.15) is 59.6 Å². The molecule has 0 bridgehead atoms. The van der Waals surface area contributed by atoms with Gasteiger partial charge in [-0.05, 0) is 99.0 Å². The van der Waals surface area contributed by atoms with Gasteiger partial charge in [0.15, 0.2) is 0 Å². The molecule has 45 heavy (non-hydrogen) atoms. The van der Waals surface area contributed by atoms with E-state index in [9.17, 15) is 0 Å². The SMILES string of the molecule is CCCCc1ccc(C2(c3ccc(CCCN)cc3)c3cccc(-c4ccccc4)c3-c3c(-c4ccccc4)cccc32)cc1. The second kappa shape index (κ2) is 12.7. The van der Waals surface area contributed by atoms with Gasteiger partial charge in [0.1, 0.15) is 0 Å². The average Bonchev–Trinajstić information content (AvgIpc) is 3.42. The highest BCUT2D eigenvalue weighted by Crippen LogP contribution is 2.60. The molecule has 0 unspecified atom stereocenters. The molecule has 1 heteroatoms. The Bertz CT molecular complexity index is 1740. The Morgan fingerprint density at radius 1 is 0.467 bits per heavy atom. The Labute approximate surface area is 268 Å². The number of aryl methyl sites for hydroxylation is 2. The molecular weight excluding hydrogens is 542 g/mol. The molecule has 0 saturated heterocycles. The highest BCUT2D eigenvalue weighted by Gasteiger charge is 2.47. The molecule has 1 aliphatic carbocycles. The lowest BCUT2D eigenvalue weighted by Crippen LogP contribution is -2.28. The van der Waals surface area contributed by atoms with Crippen molar-refractivity contribution in [2.45, 2.75) is 44.4 Å². The molecule has 0 radical (unpaired) electrons. The fourth-order valence-corrected chi connectivity index (χ4v) is 7.45. The largest absolute Gasteiger partial charge is 0.330 e. The zero-order valence-electron chi connectivity index (χ0n) is 26.2. The summed E-state index contributed by atoms with van der Waals surface area (Å²) in [6.07, 6.45) is 5.52. The predicted molar refractivity (Wildman–Crippen MR) is 191 cm³/mol. The zero-order valence-corrected chi connectivity index (χ0v) is 26.2. The summed E-state index contributed by atoms with van der Waals surface area (Å²) in [6, 6.07) is 54.6. The van der Waals surface area contributed by atoms with Crippen molar-refractivity contribution in [1.82, 2.24) is 0 Å². The van der Waals surface area contributed by atoms with Gasteiger partial charge in [-0.25, -0.2) is 0 Å². The van der Waals surface area contributed by atoms with E-state index in [-0.39, 0.29) is 0 Å². The third kappa shape index (κ3) is 5.12. The summed E-state index contributed by atoms with van der Waals surface area (Å²) in [7, 11) is 0. The first-order valence-corrected chi connectivity index (χ1v) is 16.5. The van der Waals surface area contributed by atoms with E-state index in [2.05, 4.69) is 153 Å². The van der Waals surface area contributed by atoms with Gasteiger partial charge in [-0.3, -0.25) is 0 Å². The highest BCUT2D eigenvalue weighted by atomic mass is 14.5. The van der Waals surface area contributed by atoms with E-state index in [1.54, 1.807) is 0 Å². The molecule has 1 aliphatic rings. The molecule has 0 aromatic heterocycles. The lowest BCUT2D eigenvalue weighted by atomic mass is 9.67. The van der Waals surface area contributed by atoms with Crippen LogP contribution in [-0.2, 0) is 18.3 Å². The Morgan fingerprint density at radius 2 is 0.911 bits per heavy atom. The van der Waals surface area contributed by atoms with Gasteiger partial charge in [-0.2, -0.15) is 0 Å². The fourth-order valence-electron chi connectivity index (χ4n) is 7.45. The summed E-state index contributed by atoms with van der Waals surface area (Å²) in [5.41, 5.74) is 21.2. The standard InChI is InChI=1S/C44H41N/c1-2-3-13-32-23-27-36(28-24-32)44(37-29-25-33(26-30-37)14-12-31-45)40-21-10-19-38(34-15-6-4-7-16-34)42(40)43-39(20-11-22-41(43)44)35-17-8-5-9-18-35/h4-11,15-30H,2-3,12-14,31,45H2,1H3. The molecule has 0 aliphatic heterocycles. The van der Waals surface area contributed by atoms with Crippen LogP contribution in [0.15, 0.2) is 146 Å². The minimum atomic E-state index is -0.462. The molecule has 6 aromatic rings. The van der Waals surface area contributed by atoms with Crippen molar-refractivity contribution in [3.05, 3.63) is 179 Å². The van der Waals surface area contributed by atoms with Gasteiger partial charge in [0, 0.05) is 0 Å². The Morgan fingerprint density at radius 3 is 1.33 bits per heavy atom. The van der Waals surface area contributed by atoms with Crippen LogP contribution in [0.5, 0.6) is 0 Å². The van der Waals surface area contributed by atoms with Crippen molar-refractivity contribution in [3.8, 4) is 33.4 Å². The number of benzene rings is 6. The van der Waals surface area contributed by atoms with E-state index in [0.717, 1.165) is 19.3 Å². The van der Waals surface area contributed by atoms with Gasteiger partial charge in [-0.15, -0.1) is 0 Å². The van der Waals surface area contributed by atoms with Crippen LogP contribution in [0.2, 0.25) is 0 Å². The van der Waals surface area contributed by atoms with Crippen LogP contribution >= 0.6 is 0 Å². The molecule has 0 amide bonds. The van der Waals surface area contributed by atoms with E-state index in [4.69, 9.17) is 5.73 Å². The van der Waals surface area contributed by atoms with Crippen molar-refractivity contribution in [3.63, 3.8) is 0 Å². The normalized spacial score (nSPS) is 12.9. The number of hydrogen-bond acceptors (Lipinski definition) is 1. The molecule has 0 fully saturated rings. The van der Waals surface area contributed by atoms with Crippen molar-refractivity contribution < 1.29 is 0 Å². The fraction of sp³-hybridized carbons (Fsp3) is 0.182. The number of rotatable bonds is 10. The highest BCUT2D eigenvalue weighted by molar-refractivity contribution is 6.01. The molecule has 6 aromatic carbocycles. The first kappa shape index (κ1) is 29.0. The molecule has 7 rings (SSSR count). The first-order valence-electron chi connectivity index (χ1n) is 16.5. The van der Waals surface area contributed by atoms with Crippen molar-refractivity contribution in [2.75, 3.05) is 6.54 Å². The second-order valence-corrected chi connectivity index (χ2v) is 12.3. The minimum Gasteiger partial charge on any atom is -0.330 e. The molecule has 222 valence electrons. The van der Waals surface area contributed by atoms with E-state index < -0.39 is 5.41 Å². The minimum absolute atomic E-state index is 0.462. The lowest BCUT2D eigenvalue weighted by Gasteiger charge is -2.34. The van der Waals surface area contributed by atoms with Gasteiger partial charge in [0.25, 0.3) is 0 Å². The number of unbranched alkanes of at least 4 members (excludes halogenated alkanes) is 1. The molecular formula is C44H41N. The van der Waals surface area contributed by atoms with Crippen molar-refractivity contribution in [1.29, 1.82) is 0 Å². The molecule has 1 nitrogen and oxygen atoms in total. The first-order chi connectivity index (χ1) is 22.3. The molecule has 0 spiro atoms. The molecule has 0 atom stereocenters. The van der Waals surface area contributed by atoms with Gasteiger partial charge < -0.3 is 5.73 Å². The summed E-state index contributed by atoms with van der Waals surface area (Å²) in [5, 5.41) is 0. The predicted octanol–water partition coefficient (Wildman–Crippen LogP) is 10.6. The summed E-state index contributed by atoms with van der Waals surface area (Å²) >= 11 is 0. The van der Waals surface area contributed by atoms with Crippen molar-refractivity contribution >= 4 is 0 Å². The summed E-state index contributed by atoms with van der Waals surface area (Å²) in [4.78, 5) is 0. The third-order valence-corrected chi connectivity index (χ3v) is 9.62. The number of fused-ring (bicyclic) bond motifs is 3. The van der Waals surface area contributed by atoms with Gasteiger partial charge in [0.2, 0.25) is 0 Å². The van der Waals surface area contributed by atoms with Gasteiger partial charge in [-0.1, -0.05) is 159 Å². The maximum absolute atomic E-state index is 5.88. The monoisotopic (exact) mass is 583 g/mol. The molecule has 2 N–H and O–H groups in total. The number of hydrogen-bond donors (Lipinski definition) is 1. The van der Waals surface area contributed by atoms with Crippen LogP contribution in [-0.4, -0.2) is 6.54 Å². The van der Waals surface area contributed by atoms with Crippen LogP contribution < -0.4 is 5.73 Å². The summed E-state index contributed by atoms with van der Waals surface area (Å²) in [5.74, 6) is 0. The maximum Gasteiger partial charge on any atom is 0.0714 e. The Hall–Kier alpha value is -4.72. The third-order valence-electron chi connectivity index (χ3n) is 9.62. The van der Waals surface area contributed by atoms with Gasteiger partial charge >= 0.3 is 0 Å². The summed E-state index contributed by atoms with van der Waals surface area (Å²) < 4.78 is 0. The van der Waals surface area contributed by atoms with Crippen LogP contribution in [0.25, 0.3) is 33.4 Å². The Kier molecular flexibility index (Phi) is 8.20. The lowest BCUT2D eigenvalue weighted by molar-refractivity contribution is 0.761. The topological polar surface area (TPSA) is 26.0 Å². The van der Waals surface area contributed by atoms with E-state index in [0.29, 0.717) is 6.54 Å². The smallest absolute Gasteiger partial charge is 0.0714 e. The summed E-state index contributed by atoms with van der Waals surface area (Å²) in [6.45, 7) is 2.98. The second-order valence-electron chi connectivity index (χ2n) is 12.3. The van der Waals surface area contributed by atoms with Gasteiger partial charge in [0.05, 0.1) is 5.41 Å². The van der Waals surface area contributed by atoms with E-state index >= 15 is 0 Å². The van der Waals surface area contributed by atoms with E-state index in [1.807, 2.05) is 0 Å². The number of nitrogens with two attached hydrogens (primary N) is 1.